The molecule has 1 aliphatic rings. The van der Waals surface area contributed by atoms with E-state index in [4.69, 9.17) is 0 Å². The van der Waals surface area contributed by atoms with Crippen LogP contribution in [-0.4, -0.2) is 60.9 Å². The van der Waals surface area contributed by atoms with Crippen LogP contribution in [0.5, 0.6) is 0 Å². The Morgan fingerprint density at radius 1 is 1.08 bits per heavy atom. The summed E-state index contributed by atoms with van der Waals surface area (Å²) in [6.07, 6.45) is 3.08. The highest BCUT2D eigenvalue weighted by molar-refractivity contribution is 5.84. The van der Waals surface area contributed by atoms with E-state index in [-0.39, 0.29) is 24.2 Å². The van der Waals surface area contributed by atoms with Crippen molar-refractivity contribution in [2.24, 2.45) is 0 Å². The van der Waals surface area contributed by atoms with Crippen LogP contribution < -0.4 is 4.90 Å². The molecule has 1 aromatic carbocycles. The summed E-state index contributed by atoms with van der Waals surface area (Å²) < 4.78 is 13.0. The molecule has 0 aliphatic carbocycles. The summed E-state index contributed by atoms with van der Waals surface area (Å²) >= 11 is 0. The smallest absolute Gasteiger partial charge is 0.242 e. The highest BCUT2D eigenvalue weighted by atomic mass is 19.1. The number of piperazine rings is 1. The maximum atomic E-state index is 13.0. The van der Waals surface area contributed by atoms with Gasteiger partial charge in [0, 0.05) is 45.3 Å². The maximum Gasteiger partial charge on any atom is 0.242 e. The van der Waals surface area contributed by atoms with Crippen LogP contribution in [0, 0.1) is 5.82 Å². The van der Waals surface area contributed by atoms with E-state index in [1.807, 2.05) is 4.90 Å². The van der Waals surface area contributed by atoms with E-state index < -0.39 is 0 Å². The zero-order chi connectivity index (χ0) is 18.2. The molecule has 0 saturated carbocycles. The van der Waals surface area contributed by atoms with Crippen LogP contribution in [0.1, 0.15) is 33.1 Å². The first kappa shape index (κ1) is 19.2. The Kier molecular flexibility index (Phi) is 7.22. The Hall–Kier alpha value is -2.11. The van der Waals surface area contributed by atoms with Crippen molar-refractivity contribution in [3.63, 3.8) is 0 Å². The zero-order valence-electron chi connectivity index (χ0n) is 15.2. The molecule has 0 unspecified atom stereocenters. The van der Waals surface area contributed by atoms with Gasteiger partial charge in [-0.2, -0.15) is 0 Å². The molecule has 1 fully saturated rings. The van der Waals surface area contributed by atoms with E-state index in [0.29, 0.717) is 32.7 Å². The first-order valence-corrected chi connectivity index (χ1v) is 9.05. The van der Waals surface area contributed by atoms with Gasteiger partial charge in [-0.15, -0.1) is 0 Å². The second-order valence-corrected chi connectivity index (χ2v) is 6.49. The Labute approximate surface area is 149 Å². The number of carbonyl (C=O) groups is 2. The van der Waals surface area contributed by atoms with Crippen molar-refractivity contribution >= 4 is 17.5 Å². The lowest BCUT2D eigenvalue weighted by Crippen LogP contribution is -2.51. The van der Waals surface area contributed by atoms with Crippen molar-refractivity contribution in [2.75, 3.05) is 44.2 Å². The van der Waals surface area contributed by atoms with Crippen molar-refractivity contribution in [3.05, 3.63) is 30.1 Å². The van der Waals surface area contributed by atoms with E-state index in [0.717, 1.165) is 24.9 Å². The van der Waals surface area contributed by atoms with Crippen LogP contribution in [0.25, 0.3) is 0 Å². The molecular formula is C19H28FN3O2. The number of amides is 2. The molecule has 0 radical (unpaired) electrons. The van der Waals surface area contributed by atoms with Crippen LogP contribution in [0.15, 0.2) is 24.3 Å². The minimum absolute atomic E-state index is 0.00505. The molecule has 138 valence electrons. The van der Waals surface area contributed by atoms with E-state index in [2.05, 4.69) is 11.8 Å². The first-order chi connectivity index (χ1) is 12.0. The standard InChI is InChI=1S/C19H28FN3O2/c1-3-4-5-10-23(16(2)24)15-19(25)22-13-11-21(12-14-22)18-8-6-17(20)7-9-18/h6-9H,3-5,10-15H2,1-2H3. The summed E-state index contributed by atoms with van der Waals surface area (Å²) in [6.45, 7) is 7.12. The van der Waals surface area contributed by atoms with Gasteiger partial charge >= 0.3 is 0 Å². The number of carbonyl (C=O) groups excluding carboxylic acids is 2. The first-order valence-electron chi connectivity index (χ1n) is 9.05. The second kappa shape index (κ2) is 9.39. The third-order valence-corrected chi connectivity index (χ3v) is 4.63. The molecule has 5 nitrogen and oxygen atoms in total. The number of halogens is 1. The van der Waals surface area contributed by atoms with E-state index in [1.165, 1.54) is 19.1 Å². The predicted molar refractivity (Wildman–Crippen MR) is 97.0 cm³/mol. The van der Waals surface area contributed by atoms with Crippen LogP contribution in [0.3, 0.4) is 0 Å². The van der Waals surface area contributed by atoms with Gasteiger partial charge in [0.15, 0.2) is 0 Å². The molecule has 2 rings (SSSR count). The fraction of sp³-hybridized carbons (Fsp3) is 0.579. The number of nitrogens with zero attached hydrogens (tertiary/aromatic N) is 3. The highest BCUT2D eigenvalue weighted by Gasteiger charge is 2.23. The SMILES string of the molecule is CCCCCN(CC(=O)N1CCN(c2ccc(F)cc2)CC1)C(C)=O. The highest BCUT2D eigenvalue weighted by Crippen LogP contribution is 2.17. The molecule has 0 spiro atoms. The Bertz CT molecular complexity index is 569. The van der Waals surface area contributed by atoms with E-state index in [1.54, 1.807) is 17.0 Å². The Morgan fingerprint density at radius 3 is 2.28 bits per heavy atom. The van der Waals surface area contributed by atoms with Crippen molar-refractivity contribution < 1.29 is 14.0 Å². The average molecular weight is 349 g/mol. The summed E-state index contributed by atoms with van der Waals surface area (Å²) in [4.78, 5) is 29.8. The number of benzene rings is 1. The van der Waals surface area contributed by atoms with Crippen molar-refractivity contribution in [1.29, 1.82) is 0 Å². The van der Waals surface area contributed by atoms with Crippen molar-refractivity contribution in [2.45, 2.75) is 33.1 Å². The number of unbranched alkanes of at least 4 members (excludes halogenated alkanes) is 2. The van der Waals surface area contributed by atoms with Gasteiger partial charge in [-0.05, 0) is 30.7 Å². The van der Waals surface area contributed by atoms with Crippen molar-refractivity contribution in [1.82, 2.24) is 9.80 Å². The molecule has 0 bridgehead atoms. The molecule has 0 atom stereocenters. The normalized spacial score (nSPS) is 14.5. The van der Waals surface area contributed by atoms with Crippen LogP contribution in [-0.2, 0) is 9.59 Å². The van der Waals surface area contributed by atoms with Gasteiger partial charge < -0.3 is 14.7 Å². The van der Waals surface area contributed by atoms with Crippen LogP contribution in [0.4, 0.5) is 10.1 Å². The summed E-state index contributed by atoms with van der Waals surface area (Å²) in [6, 6.07) is 6.43. The largest absolute Gasteiger partial charge is 0.368 e. The molecule has 1 heterocycles. The molecule has 1 aliphatic heterocycles. The van der Waals surface area contributed by atoms with Gasteiger partial charge in [-0.3, -0.25) is 9.59 Å². The Morgan fingerprint density at radius 2 is 1.72 bits per heavy atom. The molecule has 0 N–H and O–H groups in total. The van der Waals surface area contributed by atoms with Crippen LogP contribution in [0.2, 0.25) is 0 Å². The summed E-state index contributed by atoms with van der Waals surface area (Å²) in [5, 5.41) is 0. The van der Waals surface area contributed by atoms with Gasteiger partial charge in [-0.1, -0.05) is 19.8 Å². The molecule has 25 heavy (non-hydrogen) atoms. The predicted octanol–water partition coefficient (Wildman–Crippen LogP) is 2.51. The molecular weight excluding hydrogens is 321 g/mol. The molecule has 6 heteroatoms. The zero-order valence-corrected chi connectivity index (χ0v) is 15.2. The summed E-state index contributed by atoms with van der Waals surface area (Å²) in [7, 11) is 0. The van der Waals surface area contributed by atoms with Gasteiger partial charge in [-0.25, -0.2) is 4.39 Å². The lowest BCUT2D eigenvalue weighted by molar-refractivity contribution is -0.139. The second-order valence-electron chi connectivity index (χ2n) is 6.49. The van der Waals surface area contributed by atoms with Gasteiger partial charge in [0.1, 0.15) is 5.82 Å². The molecule has 1 aromatic rings. The van der Waals surface area contributed by atoms with E-state index in [9.17, 15) is 14.0 Å². The number of hydrogen-bond acceptors (Lipinski definition) is 3. The number of anilines is 1. The lowest BCUT2D eigenvalue weighted by atomic mass is 10.2. The monoisotopic (exact) mass is 349 g/mol. The van der Waals surface area contributed by atoms with Crippen LogP contribution >= 0.6 is 0 Å². The topological polar surface area (TPSA) is 43.9 Å². The number of hydrogen-bond donors (Lipinski definition) is 0. The van der Waals surface area contributed by atoms with Gasteiger partial charge in [0.05, 0.1) is 6.54 Å². The van der Waals surface area contributed by atoms with Gasteiger partial charge in [0.2, 0.25) is 11.8 Å². The Balaban J connectivity index is 1.83. The summed E-state index contributed by atoms with van der Waals surface area (Å²) in [5.41, 5.74) is 0.971. The quantitative estimate of drug-likeness (QED) is 0.711. The third kappa shape index (κ3) is 5.73. The molecule has 2 amide bonds. The van der Waals surface area contributed by atoms with Gasteiger partial charge in [0.25, 0.3) is 0 Å². The molecule has 0 aromatic heterocycles. The van der Waals surface area contributed by atoms with Crippen molar-refractivity contribution in [3.8, 4) is 0 Å². The average Bonchev–Trinajstić information content (AvgIpc) is 2.61. The maximum absolute atomic E-state index is 13.0. The van der Waals surface area contributed by atoms with E-state index >= 15 is 0 Å². The minimum Gasteiger partial charge on any atom is -0.368 e. The minimum atomic E-state index is -0.245. The third-order valence-electron chi connectivity index (χ3n) is 4.63. The molecule has 1 saturated heterocycles. The fourth-order valence-corrected chi connectivity index (χ4v) is 3.03. The summed E-state index contributed by atoms with van der Waals surface area (Å²) in [5.74, 6) is -0.287. The lowest BCUT2D eigenvalue weighted by Gasteiger charge is -2.37. The number of rotatable bonds is 7. The fourth-order valence-electron chi connectivity index (χ4n) is 3.03.